The maximum Gasteiger partial charge on any atom is 0.350 e. The predicted octanol–water partition coefficient (Wildman–Crippen LogP) is 3.33. The van der Waals surface area contributed by atoms with Crippen LogP contribution in [0.3, 0.4) is 0 Å². The van der Waals surface area contributed by atoms with Crippen LogP contribution in [0, 0.1) is 10.7 Å². The van der Waals surface area contributed by atoms with Gasteiger partial charge in [-0.3, -0.25) is 0 Å². The molecule has 0 radical (unpaired) electrons. The van der Waals surface area contributed by atoms with Crippen LogP contribution < -0.4 is 5.32 Å². The minimum Gasteiger partial charge on any atom is -0.478 e. The van der Waals surface area contributed by atoms with E-state index < -0.39 is 23.7 Å². The average Bonchev–Trinajstić information content (AvgIpc) is 2.38. The van der Waals surface area contributed by atoms with Gasteiger partial charge in [-0.25, -0.2) is 14.4 Å². The fraction of sp³-hybridized carbons (Fsp3) is 0.214. The molecule has 1 saturated heterocycles. The molecule has 2 N–H and O–H groups in total. The Labute approximate surface area is 177 Å². The molecule has 0 aromatic heterocycles. The van der Waals surface area contributed by atoms with Gasteiger partial charge in [-0.2, -0.15) is 0 Å². The molecule has 0 unspecified atom stereocenters. The summed E-state index contributed by atoms with van der Waals surface area (Å²) >= 11 is 5.88. The van der Waals surface area contributed by atoms with Crippen molar-refractivity contribution >= 4 is 91.4 Å². The number of rotatable bonds is 3. The number of carboxylic acids is 1. The number of halogens is 3. The maximum absolute atomic E-state index is 11.9. The molecule has 1 fully saturated rings. The van der Waals surface area contributed by atoms with Gasteiger partial charge in [-0.05, 0) is 73.8 Å². The first-order valence-corrected chi connectivity index (χ1v) is 9.61. The van der Waals surface area contributed by atoms with Crippen LogP contribution in [0.2, 0.25) is 0 Å². The zero-order valence-electron chi connectivity index (χ0n) is 12.3. The van der Waals surface area contributed by atoms with Crippen LogP contribution >= 0.6 is 67.8 Å². The Morgan fingerprint density at radius 3 is 2.21 bits per heavy atom. The maximum atomic E-state index is 11.9. The van der Waals surface area contributed by atoms with Gasteiger partial charge in [0.15, 0.2) is 5.57 Å². The number of anilines is 1. The van der Waals surface area contributed by atoms with Gasteiger partial charge < -0.3 is 19.9 Å². The smallest absolute Gasteiger partial charge is 0.350 e. The van der Waals surface area contributed by atoms with E-state index in [0.717, 1.165) is 9.77 Å². The lowest BCUT2D eigenvalue weighted by Gasteiger charge is -2.29. The third kappa shape index (κ3) is 4.12. The van der Waals surface area contributed by atoms with E-state index in [2.05, 4.69) is 5.32 Å². The Hall–Kier alpha value is -0.640. The predicted molar refractivity (Wildman–Crippen MR) is 110 cm³/mol. The number of ether oxygens (including phenoxy) is 2. The lowest BCUT2D eigenvalue weighted by molar-refractivity contribution is -0.222. The lowest BCUT2D eigenvalue weighted by Crippen LogP contribution is -2.42. The number of carboxylic acid groups (broad SMARTS) is 1. The third-order valence-corrected chi connectivity index (χ3v) is 5.64. The molecule has 7 nitrogen and oxygen atoms in total. The minimum absolute atomic E-state index is 0.146. The zero-order chi connectivity index (χ0) is 18.2. The summed E-state index contributed by atoms with van der Waals surface area (Å²) in [6.45, 7) is 2.91. The van der Waals surface area contributed by atoms with E-state index in [-0.39, 0.29) is 11.1 Å². The van der Waals surface area contributed by atoms with Crippen molar-refractivity contribution in [2.45, 2.75) is 19.6 Å². The lowest BCUT2D eigenvalue weighted by atomic mass is 10.2. The second-order valence-electron chi connectivity index (χ2n) is 5.09. The van der Waals surface area contributed by atoms with Crippen molar-refractivity contribution in [2.75, 3.05) is 5.32 Å². The average molecular weight is 669 g/mol. The summed E-state index contributed by atoms with van der Waals surface area (Å²) < 4.78 is 11.8. The van der Waals surface area contributed by atoms with Crippen molar-refractivity contribution in [1.82, 2.24) is 0 Å². The second-order valence-corrected chi connectivity index (χ2v) is 8.49. The van der Waals surface area contributed by atoms with Crippen LogP contribution in [0.15, 0.2) is 17.8 Å². The summed E-state index contributed by atoms with van der Waals surface area (Å²) in [6, 6.07) is 1.69. The summed E-state index contributed by atoms with van der Waals surface area (Å²) in [5.74, 6) is -3.99. The fourth-order valence-corrected chi connectivity index (χ4v) is 5.99. The summed E-state index contributed by atoms with van der Waals surface area (Å²) in [4.78, 5) is 35.2. The van der Waals surface area contributed by atoms with Crippen LogP contribution in [0.5, 0.6) is 0 Å². The molecule has 0 spiro atoms. The quantitative estimate of drug-likeness (QED) is 0.221. The van der Waals surface area contributed by atoms with Crippen molar-refractivity contribution in [3.63, 3.8) is 0 Å². The Balaban J connectivity index is 2.39. The van der Waals surface area contributed by atoms with E-state index in [4.69, 9.17) is 9.47 Å². The van der Waals surface area contributed by atoms with Crippen LogP contribution in [-0.2, 0) is 19.1 Å². The molecule has 0 bridgehead atoms. The normalized spacial score (nSPS) is 16.3. The number of benzene rings is 1. The first kappa shape index (κ1) is 19.7. The van der Waals surface area contributed by atoms with Crippen molar-refractivity contribution in [1.29, 1.82) is 0 Å². The Morgan fingerprint density at radius 1 is 1.17 bits per heavy atom. The SMILES string of the molecule is CC1(C)OC(=O)C(=CNc2c(I)cc(I)c(C(=O)O)c2I)C(=O)O1. The van der Waals surface area contributed by atoms with E-state index in [0.29, 0.717) is 12.8 Å². The van der Waals surface area contributed by atoms with E-state index in [1.54, 1.807) is 6.07 Å². The molecular weight excluding hydrogens is 659 g/mol. The second kappa shape index (κ2) is 7.31. The van der Waals surface area contributed by atoms with Crippen molar-refractivity contribution in [2.24, 2.45) is 0 Å². The Bertz CT molecular complexity index is 765. The first-order chi connectivity index (χ1) is 11.0. The van der Waals surface area contributed by atoms with Crippen molar-refractivity contribution in [3.8, 4) is 0 Å². The summed E-state index contributed by atoms with van der Waals surface area (Å²) in [5, 5.41) is 12.1. The number of aromatic carboxylic acids is 1. The van der Waals surface area contributed by atoms with E-state index in [1.165, 1.54) is 13.8 Å². The van der Waals surface area contributed by atoms with Crippen molar-refractivity contribution < 1.29 is 29.0 Å². The molecule has 1 aliphatic rings. The molecule has 128 valence electrons. The van der Waals surface area contributed by atoms with Crippen LogP contribution in [0.4, 0.5) is 5.69 Å². The summed E-state index contributed by atoms with van der Waals surface area (Å²) in [7, 11) is 0. The van der Waals surface area contributed by atoms with Crippen LogP contribution in [0.1, 0.15) is 24.2 Å². The first-order valence-electron chi connectivity index (χ1n) is 6.37. The molecule has 1 heterocycles. The van der Waals surface area contributed by atoms with Gasteiger partial charge in [0.05, 0.1) is 14.8 Å². The molecule has 1 aliphatic heterocycles. The monoisotopic (exact) mass is 669 g/mol. The molecular formula is C14H10I3NO6. The molecule has 2 rings (SSSR count). The third-order valence-electron chi connectivity index (χ3n) is 2.86. The number of hydrogen-bond acceptors (Lipinski definition) is 6. The zero-order valence-corrected chi connectivity index (χ0v) is 18.7. The highest BCUT2D eigenvalue weighted by Gasteiger charge is 2.39. The Kier molecular flexibility index (Phi) is 5.99. The van der Waals surface area contributed by atoms with Crippen LogP contribution in [0.25, 0.3) is 0 Å². The summed E-state index contributed by atoms with van der Waals surface area (Å²) in [6.07, 6.45) is 1.16. The number of cyclic esters (lactones) is 2. The Morgan fingerprint density at radius 2 is 1.71 bits per heavy atom. The number of carbonyl (C=O) groups excluding carboxylic acids is 2. The van der Waals surface area contributed by atoms with E-state index in [1.807, 2.05) is 67.8 Å². The van der Waals surface area contributed by atoms with Gasteiger partial charge in [0, 0.05) is 27.2 Å². The highest BCUT2D eigenvalue weighted by Crippen LogP contribution is 2.32. The molecule has 1 aromatic rings. The standard InChI is InChI=1S/C14H10I3NO6/c1-14(2)23-12(21)5(13(22)24-14)4-18-10-7(16)3-6(15)8(9(10)17)11(19)20/h3-4,18H,1-2H3,(H,19,20). The molecule has 1 aromatic carbocycles. The molecule has 10 heteroatoms. The molecule has 24 heavy (non-hydrogen) atoms. The minimum atomic E-state index is -1.31. The molecule has 0 saturated carbocycles. The van der Waals surface area contributed by atoms with Gasteiger partial charge in [0.1, 0.15) is 0 Å². The fourth-order valence-electron chi connectivity index (χ4n) is 1.84. The van der Waals surface area contributed by atoms with Gasteiger partial charge in [0.25, 0.3) is 5.79 Å². The van der Waals surface area contributed by atoms with Crippen LogP contribution in [-0.4, -0.2) is 28.8 Å². The van der Waals surface area contributed by atoms with E-state index >= 15 is 0 Å². The highest BCUT2D eigenvalue weighted by molar-refractivity contribution is 14.1. The molecule has 0 amide bonds. The van der Waals surface area contributed by atoms with Gasteiger partial charge in [-0.1, -0.05) is 0 Å². The number of carbonyl (C=O) groups is 3. The number of nitrogens with one attached hydrogen (secondary N) is 1. The number of esters is 2. The van der Waals surface area contributed by atoms with Gasteiger partial charge >= 0.3 is 17.9 Å². The van der Waals surface area contributed by atoms with E-state index in [9.17, 15) is 19.5 Å². The van der Waals surface area contributed by atoms with Gasteiger partial charge in [0.2, 0.25) is 0 Å². The topological polar surface area (TPSA) is 102 Å². The van der Waals surface area contributed by atoms with Crippen molar-refractivity contribution in [3.05, 3.63) is 34.1 Å². The number of hydrogen-bond donors (Lipinski definition) is 2. The molecule has 0 aliphatic carbocycles. The summed E-state index contributed by atoms with van der Waals surface area (Å²) in [5.41, 5.74) is 0.329. The largest absolute Gasteiger partial charge is 0.478 e. The van der Waals surface area contributed by atoms with Gasteiger partial charge in [-0.15, -0.1) is 0 Å². The molecule has 0 atom stereocenters. The highest BCUT2D eigenvalue weighted by atomic mass is 127.